The molecule has 0 bridgehead atoms. The van der Waals surface area contributed by atoms with Gasteiger partial charge in [0.2, 0.25) is 0 Å². The summed E-state index contributed by atoms with van der Waals surface area (Å²) in [4.78, 5) is 0. The van der Waals surface area contributed by atoms with Gasteiger partial charge in [-0.15, -0.1) is 0 Å². The fraction of sp³-hybridized carbons (Fsp3) is 1.00. The third-order valence-corrected chi connectivity index (χ3v) is 5.22. The smallest absolute Gasteiger partial charge is 0.0409 e. The van der Waals surface area contributed by atoms with Crippen molar-refractivity contribution in [1.82, 2.24) is 0 Å². The molecule has 0 amide bonds. The molecule has 0 radical (unpaired) electrons. The van der Waals surface area contributed by atoms with Gasteiger partial charge in [-0.3, -0.25) is 0 Å². The van der Waals surface area contributed by atoms with Crippen molar-refractivity contribution in [3.63, 3.8) is 0 Å². The first kappa shape index (κ1) is 25.0. The van der Waals surface area contributed by atoms with Gasteiger partial charge in [0.05, 0.1) is 0 Å². The van der Waals surface area contributed by atoms with Crippen molar-refractivity contribution >= 4 is 0 Å². The molecule has 152 valence electrons. The van der Waals surface area contributed by atoms with Crippen LogP contribution in [0.15, 0.2) is 0 Å². The van der Waals surface area contributed by atoms with Crippen LogP contribution >= 0.6 is 0 Å². The Labute approximate surface area is 161 Å². The third-order valence-electron chi connectivity index (χ3n) is 5.22. The molecule has 2 aliphatic rings. The normalized spacial score (nSPS) is 29.3. The molecular formula is C25H52. The lowest BCUT2D eigenvalue weighted by molar-refractivity contribution is 0.408. The van der Waals surface area contributed by atoms with Crippen LogP contribution in [0.5, 0.6) is 0 Å². The summed E-state index contributed by atoms with van der Waals surface area (Å²) in [5.41, 5.74) is 0.500. The Morgan fingerprint density at radius 1 is 0.640 bits per heavy atom. The Morgan fingerprint density at radius 3 is 1.08 bits per heavy atom. The summed E-state index contributed by atoms with van der Waals surface area (Å²) in [5.74, 6) is 5.99. The minimum absolute atomic E-state index is 0.500. The maximum atomic E-state index is 2.39. The molecule has 2 rings (SSSR count). The Hall–Kier alpha value is 0. The van der Waals surface area contributed by atoms with Crippen LogP contribution < -0.4 is 0 Å². The molecule has 0 nitrogen and oxygen atoms in total. The molecular weight excluding hydrogens is 300 g/mol. The van der Waals surface area contributed by atoms with E-state index in [9.17, 15) is 0 Å². The Kier molecular flexibility index (Phi) is 12.4. The van der Waals surface area contributed by atoms with E-state index in [4.69, 9.17) is 0 Å². The van der Waals surface area contributed by atoms with Crippen LogP contribution in [0.4, 0.5) is 0 Å². The fourth-order valence-corrected chi connectivity index (χ4v) is 4.41. The minimum atomic E-state index is 0.500. The summed E-state index contributed by atoms with van der Waals surface area (Å²) in [6.07, 6.45) is 11.9. The van der Waals surface area contributed by atoms with Crippen LogP contribution in [0.3, 0.4) is 0 Å². The van der Waals surface area contributed by atoms with Gasteiger partial charge in [0.25, 0.3) is 0 Å². The van der Waals surface area contributed by atoms with Crippen LogP contribution in [-0.2, 0) is 0 Å². The van der Waals surface area contributed by atoms with Crippen molar-refractivity contribution in [2.45, 2.75) is 121 Å². The predicted molar refractivity (Wildman–Crippen MR) is 117 cm³/mol. The van der Waals surface area contributed by atoms with Crippen LogP contribution in [0.1, 0.15) is 121 Å². The first-order valence-electron chi connectivity index (χ1n) is 11.4. The van der Waals surface area contributed by atoms with E-state index in [0.29, 0.717) is 5.41 Å². The van der Waals surface area contributed by atoms with E-state index >= 15 is 0 Å². The van der Waals surface area contributed by atoms with E-state index in [1.807, 2.05) is 0 Å². The Bertz CT molecular complexity index is 274. The minimum Gasteiger partial charge on any atom is -0.0628 e. The van der Waals surface area contributed by atoms with E-state index in [1.54, 1.807) is 0 Å². The van der Waals surface area contributed by atoms with Crippen molar-refractivity contribution < 1.29 is 0 Å². The second-order valence-corrected chi connectivity index (χ2v) is 11.8. The molecule has 2 fully saturated rings. The largest absolute Gasteiger partial charge is 0.0628 e. The predicted octanol–water partition coefficient (Wildman–Crippen LogP) is 8.99. The van der Waals surface area contributed by atoms with Crippen molar-refractivity contribution in [3.05, 3.63) is 0 Å². The molecule has 25 heavy (non-hydrogen) atoms. The molecule has 0 aromatic heterocycles. The van der Waals surface area contributed by atoms with Gasteiger partial charge >= 0.3 is 0 Å². The number of hydrogen-bond donors (Lipinski definition) is 0. The molecule has 0 heterocycles. The van der Waals surface area contributed by atoms with Gasteiger partial charge in [-0.2, -0.15) is 0 Å². The topological polar surface area (TPSA) is 0 Å². The van der Waals surface area contributed by atoms with Gasteiger partial charge < -0.3 is 0 Å². The quantitative estimate of drug-likeness (QED) is 0.473. The summed E-state index contributed by atoms with van der Waals surface area (Å²) in [6, 6.07) is 0. The van der Waals surface area contributed by atoms with Gasteiger partial charge in [0.15, 0.2) is 0 Å². The summed E-state index contributed by atoms with van der Waals surface area (Å²) in [5, 5.41) is 0. The van der Waals surface area contributed by atoms with Gasteiger partial charge in [-0.1, -0.05) is 94.9 Å². The number of hydrogen-bond acceptors (Lipinski definition) is 0. The monoisotopic (exact) mass is 352 g/mol. The second kappa shape index (κ2) is 12.4. The highest BCUT2D eigenvalue weighted by Crippen LogP contribution is 2.35. The fourth-order valence-electron chi connectivity index (χ4n) is 4.41. The highest BCUT2D eigenvalue weighted by Gasteiger charge is 2.22. The van der Waals surface area contributed by atoms with E-state index in [-0.39, 0.29) is 0 Å². The van der Waals surface area contributed by atoms with Crippen molar-refractivity contribution in [1.29, 1.82) is 0 Å². The molecule has 0 aromatic rings. The molecule has 4 unspecified atom stereocenters. The van der Waals surface area contributed by atoms with Gasteiger partial charge in [-0.05, 0) is 66.6 Å². The van der Waals surface area contributed by atoms with Crippen molar-refractivity contribution in [3.8, 4) is 0 Å². The molecule has 0 aromatic carbocycles. The average Bonchev–Trinajstić information content (AvgIpc) is 2.96. The highest BCUT2D eigenvalue weighted by atomic mass is 14.3. The molecule has 2 aliphatic carbocycles. The first-order valence-corrected chi connectivity index (χ1v) is 11.4. The van der Waals surface area contributed by atoms with Crippen LogP contribution in [0.2, 0.25) is 0 Å². The van der Waals surface area contributed by atoms with E-state index in [0.717, 1.165) is 35.5 Å². The lowest BCUT2D eigenvalue weighted by atomic mass is 9.95. The molecule has 2 saturated carbocycles. The first-order chi connectivity index (χ1) is 11.4. The highest BCUT2D eigenvalue weighted by molar-refractivity contribution is 4.74. The molecule has 4 atom stereocenters. The van der Waals surface area contributed by atoms with Crippen LogP contribution in [-0.4, -0.2) is 0 Å². The van der Waals surface area contributed by atoms with Crippen LogP contribution in [0.25, 0.3) is 0 Å². The summed E-state index contributed by atoms with van der Waals surface area (Å²) >= 11 is 0. The van der Waals surface area contributed by atoms with Crippen LogP contribution in [0, 0.1) is 40.9 Å². The van der Waals surface area contributed by atoms with E-state index in [2.05, 4.69) is 69.2 Å². The zero-order valence-electron chi connectivity index (χ0n) is 19.6. The molecule has 0 spiro atoms. The van der Waals surface area contributed by atoms with Crippen molar-refractivity contribution in [2.24, 2.45) is 40.9 Å². The Morgan fingerprint density at radius 2 is 0.920 bits per heavy atom. The lowest BCUT2D eigenvalue weighted by Gasteiger charge is -2.11. The lowest BCUT2D eigenvalue weighted by Crippen LogP contribution is -1.99. The molecule has 0 saturated heterocycles. The van der Waals surface area contributed by atoms with Gasteiger partial charge in [0, 0.05) is 0 Å². The number of rotatable bonds is 4. The summed E-state index contributed by atoms with van der Waals surface area (Å²) < 4.78 is 0. The summed E-state index contributed by atoms with van der Waals surface area (Å²) in [6.45, 7) is 22.9. The Balaban J connectivity index is 0.000000368. The zero-order chi connectivity index (χ0) is 19.6. The maximum absolute atomic E-state index is 2.39. The summed E-state index contributed by atoms with van der Waals surface area (Å²) in [7, 11) is 0. The average molecular weight is 353 g/mol. The SMILES string of the molecule is CC(C)(C)C.CC(C)CC1CCC(C)C1.CC(C)CC1CCC(C)C1. The van der Waals surface area contributed by atoms with Gasteiger partial charge in [-0.25, -0.2) is 0 Å². The van der Waals surface area contributed by atoms with E-state index < -0.39 is 0 Å². The molecule has 0 heteroatoms. The van der Waals surface area contributed by atoms with E-state index in [1.165, 1.54) is 51.4 Å². The standard InChI is InChI=1S/2C10H20.C5H12/c2*1-8(2)6-10-5-4-9(3)7-10;1-5(2,3)4/h2*8-10H,4-7H2,1-3H3;1-4H3. The third kappa shape index (κ3) is 17.2. The molecule has 0 N–H and O–H groups in total. The maximum Gasteiger partial charge on any atom is -0.0409 e. The molecule has 0 aliphatic heterocycles. The van der Waals surface area contributed by atoms with Crippen molar-refractivity contribution in [2.75, 3.05) is 0 Å². The zero-order valence-corrected chi connectivity index (χ0v) is 19.6. The second-order valence-electron chi connectivity index (χ2n) is 11.8. The van der Waals surface area contributed by atoms with Gasteiger partial charge in [0.1, 0.15) is 0 Å².